The fraction of sp³-hybridized carbons (Fsp3) is 0.316. The van der Waals surface area contributed by atoms with E-state index in [-0.39, 0.29) is 28.9 Å². The molecule has 10 atom stereocenters. The first-order valence-corrected chi connectivity index (χ1v) is 23.9. The van der Waals surface area contributed by atoms with Gasteiger partial charge >= 0.3 is 29.8 Å². The van der Waals surface area contributed by atoms with Gasteiger partial charge in [-0.15, -0.1) is 0 Å². The summed E-state index contributed by atoms with van der Waals surface area (Å²) in [7, 11) is 2.40. The van der Waals surface area contributed by atoms with Crippen molar-refractivity contribution in [3.8, 4) is 5.75 Å². The average Bonchev–Trinajstić information content (AvgIpc) is 3.43. The van der Waals surface area contributed by atoms with Crippen molar-refractivity contribution in [1.29, 1.82) is 0 Å². The Balaban J connectivity index is 1.09. The molecule has 3 saturated heterocycles. The van der Waals surface area contributed by atoms with Crippen molar-refractivity contribution < 1.29 is 80.8 Å². The lowest BCUT2D eigenvalue weighted by Gasteiger charge is -2.53. The Morgan fingerprint density at radius 1 is 0.514 bits per heavy atom. The van der Waals surface area contributed by atoms with Crippen LogP contribution in [0.3, 0.4) is 0 Å². The first-order valence-electron chi connectivity index (χ1n) is 23.9. The lowest BCUT2D eigenvalue weighted by molar-refractivity contribution is -0.407. The Morgan fingerprint density at radius 2 is 1.01 bits per heavy atom. The molecule has 0 saturated carbocycles. The molecule has 74 heavy (non-hydrogen) atoms. The van der Waals surface area contributed by atoms with Gasteiger partial charge in [-0.05, 0) is 85.3 Å². The summed E-state index contributed by atoms with van der Waals surface area (Å²) >= 11 is 0. The number of rotatable bonds is 16. The summed E-state index contributed by atoms with van der Waals surface area (Å²) in [5.74, 6) is -7.61. The average molecular weight is 1010 g/mol. The van der Waals surface area contributed by atoms with E-state index < -0.39 is 110 Å². The highest BCUT2D eigenvalue weighted by atomic mass is 16.8. The molecule has 9 rings (SSSR count). The highest BCUT2D eigenvalue weighted by molar-refractivity contribution is 5.92. The zero-order valence-corrected chi connectivity index (χ0v) is 40.8. The molecule has 3 aliphatic heterocycles. The fourth-order valence-corrected chi connectivity index (χ4v) is 9.16. The number of hydrogen-bond donors (Lipinski definition) is 0. The van der Waals surface area contributed by atoms with Gasteiger partial charge in [0.1, 0.15) is 42.9 Å². The second kappa shape index (κ2) is 22.7. The number of benzene rings is 6. The van der Waals surface area contributed by atoms with Crippen LogP contribution in [0.15, 0.2) is 164 Å². The number of carbonyl (C=O) groups excluding carboxylic acids is 5. The van der Waals surface area contributed by atoms with Gasteiger partial charge in [-0.1, -0.05) is 103 Å². The van der Waals surface area contributed by atoms with Crippen LogP contribution in [0.5, 0.6) is 5.75 Å². The van der Waals surface area contributed by atoms with Crippen LogP contribution in [0, 0.1) is 0 Å². The summed E-state index contributed by atoms with van der Waals surface area (Å²) in [4.78, 5) is 70.5. The Morgan fingerprint density at radius 3 is 1.55 bits per heavy atom. The summed E-state index contributed by atoms with van der Waals surface area (Å²) in [6.45, 7) is 2.55. The van der Waals surface area contributed by atoms with Crippen molar-refractivity contribution in [2.75, 3.05) is 27.4 Å². The number of fused-ring (bicyclic) bond motifs is 2. The van der Waals surface area contributed by atoms with Gasteiger partial charge in [0.25, 0.3) is 5.79 Å². The lowest BCUT2D eigenvalue weighted by Crippen LogP contribution is -2.69. The largest absolute Gasteiger partial charge is 0.491 e. The molecule has 17 heteroatoms. The van der Waals surface area contributed by atoms with Crippen molar-refractivity contribution in [1.82, 2.24) is 0 Å². The van der Waals surface area contributed by atoms with E-state index in [2.05, 4.69) is 0 Å². The lowest BCUT2D eigenvalue weighted by atomic mass is 9.90. The van der Waals surface area contributed by atoms with Crippen LogP contribution in [-0.4, -0.2) is 124 Å². The van der Waals surface area contributed by atoms with E-state index in [0.717, 1.165) is 17.9 Å². The van der Waals surface area contributed by atoms with Crippen LogP contribution >= 0.6 is 0 Å². The van der Waals surface area contributed by atoms with Crippen LogP contribution < -0.4 is 4.74 Å². The smallest absolute Gasteiger partial charge is 0.366 e. The first-order chi connectivity index (χ1) is 35.8. The second-order valence-electron chi connectivity index (χ2n) is 18.1. The van der Waals surface area contributed by atoms with E-state index in [9.17, 15) is 24.0 Å². The monoisotopic (exact) mass is 1010 g/mol. The normalized spacial score (nSPS) is 26.1. The van der Waals surface area contributed by atoms with Gasteiger partial charge in [0.2, 0.25) is 0 Å². The summed E-state index contributed by atoms with van der Waals surface area (Å²) in [6, 6.07) is 45.7. The zero-order chi connectivity index (χ0) is 51.8. The molecule has 0 spiro atoms. The molecule has 6 aromatic carbocycles. The Kier molecular flexibility index (Phi) is 15.8. The molecule has 0 aliphatic carbocycles. The number of hydrogen-bond acceptors (Lipinski definition) is 17. The predicted octanol–water partition coefficient (Wildman–Crippen LogP) is 7.69. The molecular formula is C57H54O17. The summed E-state index contributed by atoms with van der Waals surface area (Å²) in [5.41, 5.74) is 0.590. The van der Waals surface area contributed by atoms with E-state index in [0.29, 0.717) is 5.75 Å². The van der Waals surface area contributed by atoms with E-state index in [1.165, 1.54) is 43.5 Å². The number of ether oxygens (including phenoxy) is 12. The van der Waals surface area contributed by atoms with Crippen LogP contribution in [-0.2, 0) is 56.9 Å². The van der Waals surface area contributed by atoms with Crippen LogP contribution in [0.1, 0.15) is 61.7 Å². The maximum absolute atomic E-state index is 14.5. The van der Waals surface area contributed by atoms with Gasteiger partial charge in [-0.2, -0.15) is 0 Å². The molecule has 6 aromatic rings. The molecule has 0 N–H and O–H groups in total. The molecule has 3 fully saturated rings. The molecule has 0 amide bonds. The van der Waals surface area contributed by atoms with E-state index in [1.54, 1.807) is 98.8 Å². The van der Waals surface area contributed by atoms with Crippen molar-refractivity contribution in [3.05, 3.63) is 186 Å². The molecule has 2 unspecified atom stereocenters. The van der Waals surface area contributed by atoms with Crippen LogP contribution in [0.25, 0.3) is 10.8 Å². The summed E-state index contributed by atoms with van der Waals surface area (Å²) in [5, 5.41) is 1.93. The molecule has 3 aliphatic rings. The Hall–Kier alpha value is -7.51. The fourth-order valence-electron chi connectivity index (χ4n) is 9.16. The van der Waals surface area contributed by atoms with Gasteiger partial charge in [-0.3, -0.25) is 0 Å². The number of methoxy groups -OCH3 is 2. The second-order valence-corrected chi connectivity index (χ2v) is 18.1. The molecule has 3 heterocycles. The van der Waals surface area contributed by atoms with Gasteiger partial charge in [-0.25, -0.2) is 24.0 Å². The molecular weight excluding hydrogens is 957 g/mol. The van der Waals surface area contributed by atoms with Crippen LogP contribution in [0.2, 0.25) is 0 Å². The van der Waals surface area contributed by atoms with Gasteiger partial charge in [0, 0.05) is 7.11 Å². The molecule has 17 nitrogen and oxygen atoms in total. The first kappa shape index (κ1) is 51.4. The van der Waals surface area contributed by atoms with Crippen molar-refractivity contribution >= 4 is 40.6 Å². The van der Waals surface area contributed by atoms with E-state index in [1.807, 2.05) is 42.5 Å². The highest BCUT2D eigenvalue weighted by Crippen LogP contribution is 2.43. The van der Waals surface area contributed by atoms with Crippen LogP contribution in [0.4, 0.5) is 0 Å². The zero-order valence-electron chi connectivity index (χ0n) is 40.8. The Bertz CT molecular complexity index is 2900. The third kappa shape index (κ3) is 11.6. The SMILES string of the molecule is COC(=O)C1(OC[C@H]2O[C@H](OC)[C@H](OC(=O)c3ccccc3)[C@@H](OC(=O)c3ccccc3)[C@@H]2OC(=O)c2ccccc2)C[C@@H](OC(=O)c2ccccc2)[C@H]2OC(C)(C)OC(COc3ccc4ccccc4c3)[C@H]2O1. The molecule has 0 radical (unpaired) electrons. The van der Waals surface area contributed by atoms with Gasteiger partial charge in [0.05, 0.1) is 42.4 Å². The van der Waals surface area contributed by atoms with Crippen molar-refractivity contribution in [3.63, 3.8) is 0 Å². The quantitative estimate of drug-likeness (QED) is 0.0675. The van der Waals surface area contributed by atoms with Gasteiger partial charge in [0.15, 0.2) is 30.4 Å². The molecule has 0 bridgehead atoms. The Labute approximate surface area is 426 Å². The minimum absolute atomic E-state index is 0.111. The third-order valence-corrected chi connectivity index (χ3v) is 12.7. The van der Waals surface area contributed by atoms with Gasteiger partial charge < -0.3 is 56.8 Å². The van der Waals surface area contributed by atoms with E-state index in [4.69, 9.17) is 56.8 Å². The standard InChI is InChI=1S/C57H54O17/c1-56(2)72-44(33-65-41-30-29-35-19-17-18-28-40(35)31-41)47-46(73-56)42(67-50(58)36-20-9-5-10-21-36)32-57(74-47,55(62)64-4)66-34-43-45(69-51(59)37-22-11-6-12-23-37)48(70-52(60)38-24-13-7-14-25-38)49(54(63-3)68-43)71-53(61)39-26-15-8-16-27-39/h5-31,42-49,54H,32-34H2,1-4H3/t42-,43-,44?,45-,46-,47-,48+,49-,54+,57?/m1/s1. The minimum Gasteiger partial charge on any atom is -0.491 e. The summed E-state index contributed by atoms with van der Waals surface area (Å²) in [6.07, 6.45) is -13.0. The minimum atomic E-state index is -2.44. The van der Waals surface area contributed by atoms with E-state index >= 15 is 0 Å². The molecule has 0 aromatic heterocycles. The summed E-state index contributed by atoms with van der Waals surface area (Å²) < 4.78 is 75.0. The van der Waals surface area contributed by atoms with Crippen molar-refractivity contribution in [2.45, 2.75) is 87.0 Å². The number of esters is 5. The topological polar surface area (TPSA) is 196 Å². The maximum Gasteiger partial charge on any atom is 0.366 e. The number of carbonyl (C=O) groups is 5. The predicted molar refractivity (Wildman–Crippen MR) is 262 cm³/mol. The molecule has 384 valence electrons. The maximum atomic E-state index is 14.5. The third-order valence-electron chi connectivity index (χ3n) is 12.7. The highest BCUT2D eigenvalue weighted by Gasteiger charge is 2.62. The van der Waals surface area contributed by atoms with Crippen molar-refractivity contribution in [2.24, 2.45) is 0 Å².